The molecular formula is C14H26N4. The minimum absolute atomic E-state index is 0.205. The molecule has 0 radical (unpaired) electrons. The van der Waals surface area contributed by atoms with Crippen LogP contribution in [0.25, 0.3) is 0 Å². The van der Waals surface area contributed by atoms with E-state index in [2.05, 4.69) is 34.9 Å². The summed E-state index contributed by atoms with van der Waals surface area (Å²) in [5.41, 5.74) is 13.7. The standard InChI is InChI=1S/C14H26N4/c1-12(16)9-18-11-14-5-3-13(4-6-14)10-17-8-2-7-15/h3-6,12,17-18H,2,7-11,15-16H2,1H3. The van der Waals surface area contributed by atoms with Crippen LogP contribution in [0.5, 0.6) is 0 Å². The molecule has 0 saturated heterocycles. The van der Waals surface area contributed by atoms with Crippen LogP contribution in [0.3, 0.4) is 0 Å². The zero-order chi connectivity index (χ0) is 13.2. The highest BCUT2D eigenvalue weighted by molar-refractivity contribution is 5.22. The molecule has 0 fully saturated rings. The van der Waals surface area contributed by atoms with E-state index >= 15 is 0 Å². The molecule has 0 aliphatic carbocycles. The molecule has 1 rings (SSSR count). The van der Waals surface area contributed by atoms with Gasteiger partial charge in [0.2, 0.25) is 0 Å². The number of hydrogen-bond acceptors (Lipinski definition) is 4. The van der Waals surface area contributed by atoms with Crippen LogP contribution < -0.4 is 22.1 Å². The molecule has 0 aliphatic rings. The van der Waals surface area contributed by atoms with Gasteiger partial charge in [-0.2, -0.15) is 0 Å². The van der Waals surface area contributed by atoms with Gasteiger partial charge in [-0.05, 0) is 37.6 Å². The highest BCUT2D eigenvalue weighted by atomic mass is 14.9. The fourth-order valence-electron chi connectivity index (χ4n) is 1.68. The molecule has 0 amide bonds. The Balaban J connectivity index is 2.24. The number of hydrogen-bond donors (Lipinski definition) is 4. The average molecular weight is 250 g/mol. The molecule has 4 nitrogen and oxygen atoms in total. The van der Waals surface area contributed by atoms with Crippen molar-refractivity contribution in [2.45, 2.75) is 32.5 Å². The number of nitrogens with two attached hydrogens (primary N) is 2. The van der Waals surface area contributed by atoms with Gasteiger partial charge in [-0.15, -0.1) is 0 Å². The molecule has 0 aromatic heterocycles. The Labute approximate surface area is 110 Å². The van der Waals surface area contributed by atoms with Crippen molar-refractivity contribution in [3.63, 3.8) is 0 Å². The third-order valence-electron chi connectivity index (χ3n) is 2.71. The maximum atomic E-state index is 5.68. The van der Waals surface area contributed by atoms with E-state index in [0.29, 0.717) is 0 Å². The topological polar surface area (TPSA) is 76.1 Å². The first-order chi connectivity index (χ1) is 8.72. The third kappa shape index (κ3) is 6.71. The molecule has 6 N–H and O–H groups in total. The van der Waals surface area contributed by atoms with Crippen molar-refractivity contribution < 1.29 is 0 Å². The third-order valence-corrected chi connectivity index (χ3v) is 2.71. The van der Waals surface area contributed by atoms with Crippen molar-refractivity contribution in [3.05, 3.63) is 35.4 Å². The lowest BCUT2D eigenvalue weighted by molar-refractivity contribution is 0.608. The molecule has 1 aromatic rings. The summed E-state index contributed by atoms with van der Waals surface area (Å²) >= 11 is 0. The van der Waals surface area contributed by atoms with E-state index in [0.717, 1.165) is 39.1 Å². The van der Waals surface area contributed by atoms with E-state index in [1.807, 2.05) is 6.92 Å². The van der Waals surface area contributed by atoms with Crippen LogP contribution in [0.1, 0.15) is 24.5 Å². The van der Waals surface area contributed by atoms with Crippen LogP contribution in [-0.4, -0.2) is 25.7 Å². The monoisotopic (exact) mass is 250 g/mol. The Morgan fingerprint density at radius 2 is 1.61 bits per heavy atom. The fourth-order valence-corrected chi connectivity index (χ4v) is 1.68. The van der Waals surface area contributed by atoms with Gasteiger partial charge in [0.25, 0.3) is 0 Å². The molecule has 1 aromatic carbocycles. The van der Waals surface area contributed by atoms with Crippen LogP contribution >= 0.6 is 0 Å². The van der Waals surface area contributed by atoms with Gasteiger partial charge in [-0.3, -0.25) is 0 Å². The van der Waals surface area contributed by atoms with Crippen molar-refractivity contribution in [1.82, 2.24) is 10.6 Å². The predicted octanol–water partition coefficient (Wildman–Crippen LogP) is 0.562. The van der Waals surface area contributed by atoms with Gasteiger partial charge in [-0.1, -0.05) is 24.3 Å². The normalized spacial score (nSPS) is 12.6. The smallest absolute Gasteiger partial charge is 0.0206 e. The van der Waals surface area contributed by atoms with Gasteiger partial charge in [0.15, 0.2) is 0 Å². The van der Waals surface area contributed by atoms with E-state index < -0.39 is 0 Å². The average Bonchev–Trinajstić information content (AvgIpc) is 2.36. The van der Waals surface area contributed by atoms with Gasteiger partial charge < -0.3 is 22.1 Å². The lowest BCUT2D eigenvalue weighted by Crippen LogP contribution is -2.30. The van der Waals surface area contributed by atoms with E-state index in [1.165, 1.54) is 11.1 Å². The van der Waals surface area contributed by atoms with Crippen LogP contribution in [0.4, 0.5) is 0 Å². The fraction of sp³-hybridized carbons (Fsp3) is 0.571. The molecule has 0 aliphatic heterocycles. The van der Waals surface area contributed by atoms with Crippen molar-refractivity contribution in [3.8, 4) is 0 Å². The summed E-state index contributed by atoms with van der Waals surface area (Å²) in [4.78, 5) is 0. The van der Waals surface area contributed by atoms with E-state index in [1.54, 1.807) is 0 Å². The van der Waals surface area contributed by atoms with E-state index in [-0.39, 0.29) is 6.04 Å². The molecule has 18 heavy (non-hydrogen) atoms. The molecule has 1 atom stereocenters. The summed E-state index contributed by atoms with van der Waals surface area (Å²) in [6.45, 7) is 6.37. The second kappa shape index (κ2) is 9.05. The Morgan fingerprint density at radius 1 is 1.06 bits per heavy atom. The van der Waals surface area contributed by atoms with Gasteiger partial charge >= 0.3 is 0 Å². The zero-order valence-electron chi connectivity index (χ0n) is 11.3. The summed E-state index contributed by atoms with van der Waals surface area (Å²) in [6, 6.07) is 8.86. The zero-order valence-corrected chi connectivity index (χ0v) is 11.3. The first-order valence-electron chi connectivity index (χ1n) is 6.67. The molecular weight excluding hydrogens is 224 g/mol. The summed E-state index contributed by atoms with van der Waals surface area (Å²) in [5, 5.41) is 6.69. The first kappa shape index (κ1) is 15.1. The van der Waals surface area contributed by atoms with E-state index in [4.69, 9.17) is 11.5 Å². The lowest BCUT2D eigenvalue weighted by Gasteiger charge is -2.08. The summed E-state index contributed by atoms with van der Waals surface area (Å²) < 4.78 is 0. The van der Waals surface area contributed by atoms with Gasteiger partial charge in [-0.25, -0.2) is 0 Å². The Morgan fingerprint density at radius 3 is 2.11 bits per heavy atom. The van der Waals surface area contributed by atoms with Crippen molar-refractivity contribution in [2.24, 2.45) is 11.5 Å². The van der Waals surface area contributed by atoms with Crippen molar-refractivity contribution >= 4 is 0 Å². The maximum Gasteiger partial charge on any atom is 0.0206 e. The van der Waals surface area contributed by atoms with Crippen LogP contribution in [0, 0.1) is 0 Å². The second-order valence-corrected chi connectivity index (χ2v) is 4.74. The molecule has 4 heteroatoms. The molecule has 0 heterocycles. The Kier molecular flexibility index (Phi) is 7.60. The summed E-state index contributed by atoms with van der Waals surface area (Å²) in [6.07, 6.45) is 1.03. The quantitative estimate of drug-likeness (QED) is 0.483. The molecule has 0 saturated carbocycles. The number of benzene rings is 1. The van der Waals surface area contributed by atoms with Gasteiger partial charge in [0, 0.05) is 25.7 Å². The van der Waals surface area contributed by atoms with Crippen molar-refractivity contribution in [2.75, 3.05) is 19.6 Å². The van der Waals surface area contributed by atoms with Crippen molar-refractivity contribution in [1.29, 1.82) is 0 Å². The summed E-state index contributed by atoms with van der Waals surface area (Å²) in [7, 11) is 0. The molecule has 0 spiro atoms. The van der Waals surface area contributed by atoms with Gasteiger partial charge in [0.1, 0.15) is 0 Å². The highest BCUT2D eigenvalue weighted by Crippen LogP contribution is 2.04. The predicted molar refractivity (Wildman–Crippen MR) is 77.2 cm³/mol. The molecule has 0 bridgehead atoms. The molecule has 102 valence electrons. The number of rotatable bonds is 9. The minimum Gasteiger partial charge on any atom is -0.330 e. The summed E-state index contributed by atoms with van der Waals surface area (Å²) in [5.74, 6) is 0. The van der Waals surface area contributed by atoms with Gasteiger partial charge in [0.05, 0.1) is 0 Å². The minimum atomic E-state index is 0.205. The SMILES string of the molecule is CC(N)CNCc1ccc(CNCCCN)cc1. The van der Waals surface area contributed by atoms with Crippen LogP contribution in [0.2, 0.25) is 0 Å². The highest BCUT2D eigenvalue weighted by Gasteiger charge is 1.96. The largest absolute Gasteiger partial charge is 0.330 e. The Hall–Kier alpha value is -0.940. The maximum absolute atomic E-state index is 5.68. The van der Waals surface area contributed by atoms with Crippen LogP contribution in [0.15, 0.2) is 24.3 Å². The Bertz CT molecular complexity index is 308. The number of nitrogens with one attached hydrogen (secondary N) is 2. The second-order valence-electron chi connectivity index (χ2n) is 4.74. The van der Waals surface area contributed by atoms with Crippen LogP contribution in [-0.2, 0) is 13.1 Å². The first-order valence-corrected chi connectivity index (χ1v) is 6.67. The van der Waals surface area contributed by atoms with E-state index in [9.17, 15) is 0 Å². The molecule has 1 unspecified atom stereocenters. The lowest BCUT2D eigenvalue weighted by atomic mass is 10.1.